The van der Waals surface area contributed by atoms with Crippen LogP contribution in [0.15, 0.2) is 24.3 Å². The highest BCUT2D eigenvalue weighted by atomic mass is 14.9. The molecule has 1 atom stereocenters. The van der Waals surface area contributed by atoms with E-state index >= 15 is 0 Å². The Labute approximate surface area is 112 Å². The highest BCUT2D eigenvalue weighted by Gasteiger charge is 2.04. The molecule has 0 bridgehead atoms. The smallest absolute Gasteiger partial charge is 0.0292 e. The molecule has 1 N–H and O–H groups in total. The molecule has 18 heavy (non-hydrogen) atoms. The standard InChI is InChI=1S/C17H25N/c1-5-6-7-12-18-15(4)17-10-8-16(9-11-17)13-14(2)3/h8-11,14-15,18H,7,12-13H2,1-4H3. The normalized spacial score (nSPS) is 12.1. The first-order chi connectivity index (χ1) is 8.63. The van der Waals surface area contributed by atoms with Crippen LogP contribution in [0.2, 0.25) is 0 Å². The van der Waals surface area contributed by atoms with Crippen molar-refractivity contribution in [1.82, 2.24) is 5.32 Å². The van der Waals surface area contributed by atoms with Gasteiger partial charge in [0.15, 0.2) is 0 Å². The molecular weight excluding hydrogens is 218 g/mol. The number of hydrogen-bond acceptors (Lipinski definition) is 1. The van der Waals surface area contributed by atoms with Crippen molar-refractivity contribution in [3.05, 3.63) is 35.4 Å². The molecular formula is C17H25N. The van der Waals surface area contributed by atoms with Gasteiger partial charge in [-0.2, -0.15) is 0 Å². The molecule has 1 heteroatoms. The van der Waals surface area contributed by atoms with Gasteiger partial charge >= 0.3 is 0 Å². The molecule has 98 valence electrons. The van der Waals surface area contributed by atoms with Gasteiger partial charge in [0, 0.05) is 19.0 Å². The molecule has 1 unspecified atom stereocenters. The Morgan fingerprint density at radius 2 is 1.78 bits per heavy atom. The van der Waals surface area contributed by atoms with Crippen LogP contribution < -0.4 is 5.32 Å². The van der Waals surface area contributed by atoms with Crippen LogP contribution >= 0.6 is 0 Å². The van der Waals surface area contributed by atoms with Crippen molar-refractivity contribution < 1.29 is 0 Å². The van der Waals surface area contributed by atoms with Crippen molar-refractivity contribution in [2.24, 2.45) is 5.92 Å². The molecule has 0 radical (unpaired) electrons. The predicted molar refractivity (Wildman–Crippen MR) is 79.5 cm³/mol. The third-order valence-electron chi connectivity index (χ3n) is 3.00. The molecule has 0 aliphatic heterocycles. The maximum Gasteiger partial charge on any atom is 0.0292 e. The molecule has 0 aromatic heterocycles. The Hall–Kier alpha value is -1.26. The topological polar surface area (TPSA) is 12.0 Å². The average Bonchev–Trinajstić information content (AvgIpc) is 2.34. The number of rotatable bonds is 6. The molecule has 1 aromatic rings. The van der Waals surface area contributed by atoms with E-state index in [-0.39, 0.29) is 0 Å². The molecule has 0 saturated carbocycles. The maximum atomic E-state index is 3.49. The van der Waals surface area contributed by atoms with Crippen LogP contribution in [0.3, 0.4) is 0 Å². The number of nitrogens with one attached hydrogen (secondary N) is 1. The van der Waals surface area contributed by atoms with Gasteiger partial charge < -0.3 is 5.32 Å². The van der Waals surface area contributed by atoms with Crippen molar-refractivity contribution in [1.29, 1.82) is 0 Å². The van der Waals surface area contributed by atoms with Crippen LogP contribution in [0.4, 0.5) is 0 Å². The summed E-state index contributed by atoms with van der Waals surface area (Å²) in [6.07, 6.45) is 2.08. The minimum atomic E-state index is 0.400. The molecule has 0 fully saturated rings. The van der Waals surface area contributed by atoms with E-state index in [0.29, 0.717) is 6.04 Å². The molecule has 0 heterocycles. The largest absolute Gasteiger partial charge is 0.309 e. The minimum absolute atomic E-state index is 0.400. The van der Waals surface area contributed by atoms with E-state index in [0.717, 1.165) is 25.3 Å². The lowest BCUT2D eigenvalue weighted by atomic mass is 10.00. The fourth-order valence-electron chi connectivity index (χ4n) is 2.01. The Bertz CT molecular complexity index is 392. The molecule has 1 rings (SSSR count). The van der Waals surface area contributed by atoms with Gasteiger partial charge in [0.25, 0.3) is 0 Å². The SMILES string of the molecule is CC#CCCNC(C)c1ccc(CC(C)C)cc1. The van der Waals surface area contributed by atoms with Gasteiger partial charge in [0.2, 0.25) is 0 Å². The first-order valence-corrected chi connectivity index (χ1v) is 6.85. The van der Waals surface area contributed by atoms with E-state index in [2.05, 4.69) is 62.2 Å². The zero-order chi connectivity index (χ0) is 13.4. The first-order valence-electron chi connectivity index (χ1n) is 6.85. The molecule has 0 amide bonds. The number of benzene rings is 1. The van der Waals surface area contributed by atoms with Gasteiger partial charge in [0.1, 0.15) is 0 Å². The third-order valence-corrected chi connectivity index (χ3v) is 3.00. The van der Waals surface area contributed by atoms with Gasteiger partial charge in [-0.25, -0.2) is 0 Å². The molecule has 1 nitrogen and oxygen atoms in total. The van der Waals surface area contributed by atoms with E-state index in [4.69, 9.17) is 0 Å². The first kappa shape index (κ1) is 14.8. The van der Waals surface area contributed by atoms with Crippen LogP contribution in [0, 0.1) is 17.8 Å². The second-order valence-electron chi connectivity index (χ2n) is 5.19. The van der Waals surface area contributed by atoms with E-state index < -0.39 is 0 Å². The van der Waals surface area contributed by atoms with Crippen LogP contribution in [0.25, 0.3) is 0 Å². The van der Waals surface area contributed by atoms with E-state index in [1.165, 1.54) is 11.1 Å². The van der Waals surface area contributed by atoms with Crippen LogP contribution in [-0.2, 0) is 6.42 Å². The zero-order valence-electron chi connectivity index (χ0n) is 12.1. The summed E-state index contributed by atoms with van der Waals surface area (Å²) in [7, 11) is 0. The van der Waals surface area contributed by atoms with Crippen LogP contribution in [0.5, 0.6) is 0 Å². The van der Waals surface area contributed by atoms with E-state index in [1.54, 1.807) is 0 Å². The third kappa shape index (κ3) is 5.38. The molecule has 0 aliphatic rings. The van der Waals surface area contributed by atoms with Gasteiger partial charge in [-0.1, -0.05) is 38.1 Å². The Morgan fingerprint density at radius 1 is 1.11 bits per heavy atom. The van der Waals surface area contributed by atoms with Crippen LogP contribution in [0.1, 0.15) is 51.3 Å². The van der Waals surface area contributed by atoms with Gasteiger partial charge in [-0.3, -0.25) is 0 Å². The lowest BCUT2D eigenvalue weighted by molar-refractivity contribution is 0.583. The van der Waals surface area contributed by atoms with Crippen LogP contribution in [-0.4, -0.2) is 6.54 Å². The Kier molecular flexibility index (Phi) is 6.54. The monoisotopic (exact) mass is 243 g/mol. The lowest BCUT2D eigenvalue weighted by Gasteiger charge is -2.14. The van der Waals surface area contributed by atoms with Crippen molar-refractivity contribution in [2.45, 2.75) is 46.6 Å². The highest BCUT2D eigenvalue weighted by molar-refractivity contribution is 5.25. The summed E-state index contributed by atoms with van der Waals surface area (Å²) in [5.74, 6) is 6.71. The van der Waals surface area contributed by atoms with Crippen molar-refractivity contribution in [3.8, 4) is 11.8 Å². The van der Waals surface area contributed by atoms with Gasteiger partial charge in [-0.15, -0.1) is 11.8 Å². The zero-order valence-corrected chi connectivity index (χ0v) is 12.1. The summed E-state index contributed by atoms with van der Waals surface area (Å²) < 4.78 is 0. The summed E-state index contributed by atoms with van der Waals surface area (Å²) in [4.78, 5) is 0. The number of hydrogen-bond donors (Lipinski definition) is 1. The van der Waals surface area contributed by atoms with Crippen molar-refractivity contribution in [2.75, 3.05) is 6.54 Å². The summed E-state index contributed by atoms with van der Waals surface area (Å²) in [6, 6.07) is 9.37. The van der Waals surface area contributed by atoms with Gasteiger partial charge in [0.05, 0.1) is 0 Å². The molecule has 0 spiro atoms. The molecule has 0 aliphatic carbocycles. The lowest BCUT2D eigenvalue weighted by Crippen LogP contribution is -2.19. The highest BCUT2D eigenvalue weighted by Crippen LogP contribution is 2.15. The molecule has 0 saturated heterocycles. The van der Waals surface area contributed by atoms with Crippen molar-refractivity contribution >= 4 is 0 Å². The summed E-state index contributed by atoms with van der Waals surface area (Å²) in [5.41, 5.74) is 2.78. The average molecular weight is 243 g/mol. The summed E-state index contributed by atoms with van der Waals surface area (Å²) in [6.45, 7) is 9.56. The van der Waals surface area contributed by atoms with E-state index in [1.807, 2.05) is 6.92 Å². The Morgan fingerprint density at radius 3 is 2.33 bits per heavy atom. The van der Waals surface area contributed by atoms with E-state index in [9.17, 15) is 0 Å². The second-order valence-corrected chi connectivity index (χ2v) is 5.19. The quantitative estimate of drug-likeness (QED) is 0.589. The Balaban J connectivity index is 2.47. The predicted octanol–water partition coefficient (Wildman–Crippen LogP) is 3.95. The second kappa shape index (κ2) is 7.95. The minimum Gasteiger partial charge on any atom is -0.309 e. The summed E-state index contributed by atoms with van der Waals surface area (Å²) >= 11 is 0. The summed E-state index contributed by atoms with van der Waals surface area (Å²) in [5, 5.41) is 3.49. The fraction of sp³-hybridized carbons (Fsp3) is 0.529. The molecule has 1 aromatic carbocycles. The maximum absolute atomic E-state index is 3.49. The fourth-order valence-corrected chi connectivity index (χ4v) is 2.01. The van der Waals surface area contributed by atoms with Crippen molar-refractivity contribution in [3.63, 3.8) is 0 Å². The van der Waals surface area contributed by atoms with Gasteiger partial charge in [-0.05, 0) is 37.3 Å².